The summed E-state index contributed by atoms with van der Waals surface area (Å²) in [6.07, 6.45) is 2.92. The zero-order chi connectivity index (χ0) is 26.8. The van der Waals surface area contributed by atoms with Crippen LogP contribution in [-0.4, -0.2) is 77.5 Å². The number of carbonyl (C=O) groups is 1. The molecule has 1 amide bonds. The molecule has 2 N–H and O–H groups in total. The highest BCUT2D eigenvalue weighted by atomic mass is 16.5. The van der Waals surface area contributed by atoms with E-state index in [0.717, 1.165) is 66.2 Å². The van der Waals surface area contributed by atoms with Gasteiger partial charge in [0.05, 0.1) is 12.6 Å². The van der Waals surface area contributed by atoms with Gasteiger partial charge in [0, 0.05) is 66.3 Å². The summed E-state index contributed by atoms with van der Waals surface area (Å²) >= 11 is 0. The number of anilines is 1. The molecule has 198 valence electrons. The quantitative estimate of drug-likeness (QED) is 0.320. The predicted molar refractivity (Wildman–Crippen MR) is 155 cm³/mol. The van der Waals surface area contributed by atoms with Gasteiger partial charge in [0.2, 0.25) is 0 Å². The number of nitrogens with one attached hydrogen (secondary N) is 2. The summed E-state index contributed by atoms with van der Waals surface area (Å²) in [5.74, 6) is 2.19. The number of ether oxygens (including phenoxy) is 1. The van der Waals surface area contributed by atoms with Crippen LogP contribution in [-0.2, 0) is 6.42 Å². The number of likely N-dealkylation sites (N-methyl/N-ethyl adjacent to an activating group) is 1. The number of para-hydroxylation sites is 1. The number of methoxy groups -OCH3 is 1. The number of aromatic amines is 1. The summed E-state index contributed by atoms with van der Waals surface area (Å²) < 4.78 is 5.47. The van der Waals surface area contributed by atoms with Crippen LogP contribution >= 0.6 is 0 Å². The minimum atomic E-state index is 0.0702. The first-order valence-corrected chi connectivity index (χ1v) is 13.3. The third-order valence-electron chi connectivity index (χ3n) is 7.45. The first-order chi connectivity index (χ1) is 19.1. The average molecular weight is 521 g/mol. The van der Waals surface area contributed by atoms with Gasteiger partial charge in [-0.3, -0.25) is 4.79 Å². The molecule has 0 aliphatic carbocycles. The maximum absolute atomic E-state index is 13.0. The van der Waals surface area contributed by atoms with Crippen molar-refractivity contribution in [2.75, 3.05) is 52.2 Å². The number of rotatable bonds is 7. The van der Waals surface area contributed by atoms with Gasteiger partial charge in [0.15, 0.2) is 5.82 Å². The van der Waals surface area contributed by atoms with E-state index in [2.05, 4.69) is 46.6 Å². The van der Waals surface area contributed by atoms with Gasteiger partial charge in [-0.25, -0.2) is 9.97 Å². The summed E-state index contributed by atoms with van der Waals surface area (Å²) in [6, 6.07) is 21.8. The lowest BCUT2D eigenvalue weighted by Gasteiger charge is -2.32. The minimum absolute atomic E-state index is 0.0702. The summed E-state index contributed by atoms with van der Waals surface area (Å²) in [6.45, 7) is 4.01. The highest BCUT2D eigenvalue weighted by molar-refractivity contribution is 5.95. The Morgan fingerprint density at radius 2 is 1.77 bits per heavy atom. The minimum Gasteiger partial charge on any atom is -0.497 e. The molecule has 8 nitrogen and oxygen atoms in total. The Morgan fingerprint density at radius 1 is 0.974 bits per heavy atom. The van der Waals surface area contributed by atoms with Gasteiger partial charge in [-0.05, 0) is 55.4 Å². The Hall–Kier alpha value is -4.43. The molecule has 1 aliphatic rings. The number of fused-ring (bicyclic) bond motifs is 2. The van der Waals surface area contributed by atoms with Crippen LogP contribution in [0.1, 0.15) is 15.9 Å². The van der Waals surface area contributed by atoms with Gasteiger partial charge in [-0.2, -0.15) is 0 Å². The molecule has 39 heavy (non-hydrogen) atoms. The number of H-pyrrole nitrogens is 1. The van der Waals surface area contributed by atoms with Crippen LogP contribution in [0.3, 0.4) is 0 Å². The Morgan fingerprint density at radius 3 is 2.56 bits per heavy atom. The molecule has 6 rings (SSSR count). The van der Waals surface area contributed by atoms with E-state index in [4.69, 9.17) is 14.7 Å². The average Bonchev–Trinajstić information content (AvgIpc) is 3.40. The van der Waals surface area contributed by atoms with Crippen molar-refractivity contribution >= 4 is 33.5 Å². The molecule has 0 radical (unpaired) electrons. The number of hydrogen-bond acceptors (Lipinski definition) is 6. The van der Waals surface area contributed by atoms with Crippen LogP contribution in [0.4, 0.5) is 5.82 Å². The SMILES string of the molecule is COc1ccc2nc(-c3ccc(C(=O)N4CCN(C)CC4)cc3)nc(NCCc3c[nH]c4ccccc34)c2c1. The topological polar surface area (TPSA) is 86.4 Å². The zero-order valence-electron chi connectivity index (χ0n) is 22.3. The second kappa shape index (κ2) is 10.7. The largest absolute Gasteiger partial charge is 0.497 e. The zero-order valence-corrected chi connectivity index (χ0v) is 22.3. The van der Waals surface area contributed by atoms with E-state index < -0.39 is 0 Å². The molecule has 0 saturated carbocycles. The number of benzene rings is 3. The Kier molecular flexibility index (Phi) is 6.85. The Bertz CT molecular complexity index is 1620. The molecular formula is C31H32N6O2. The van der Waals surface area contributed by atoms with Gasteiger partial charge < -0.3 is 24.8 Å². The highest BCUT2D eigenvalue weighted by Gasteiger charge is 2.20. The molecule has 1 fully saturated rings. The normalized spacial score (nSPS) is 14.2. The van der Waals surface area contributed by atoms with E-state index >= 15 is 0 Å². The van der Waals surface area contributed by atoms with Crippen LogP contribution < -0.4 is 10.1 Å². The first kappa shape index (κ1) is 24.9. The maximum Gasteiger partial charge on any atom is 0.253 e. The van der Waals surface area contributed by atoms with Crippen LogP contribution in [0.25, 0.3) is 33.2 Å². The van der Waals surface area contributed by atoms with Crippen molar-refractivity contribution in [3.8, 4) is 17.1 Å². The van der Waals surface area contributed by atoms with Crippen LogP contribution in [0.2, 0.25) is 0 Å². The van der Waals surface area contributed by atoms with Gasteiger partial charge in [0.1, 0.15) is 11.6 Å². The molecule has 0 bridgehead atoms. The van der Waals surface area contributed by atoms with E-state index in [0.29, 0.717) is 17.9 Å². The molecule has 5 aromatic rings. The number of amides is 1. The number of hydrogen-bond donors (Lipinski definition) is 2. The molecule has 0 spiro atoms. The van der Waals surface area contributed by atoms with Crippen molar-refractivity contribution < 1.29 is 9.53 Å². The van der Waals surface area contributed by atoms with Crippen LogP contribution in [0.15, 0.2) is 72.9 Å². The molecule has 1 aliphatic heterocycles. The molecule has 2 aromatic heterocycles. The number of piperazine rings is 1. The van der Waals surface area contributed by atoms with E-state index in [1.165, 1.54) is 10.9 Å². The molecule has 1 saturated heterocycles. The monoisotopic (exact) mass is 520 g/mol. The van der Waals surface area contributed by atoms with Gasteiger partial charge in [0.25, 0.3) is 5.91 Å². The van der Waals surface area contributed by atoms with Crippen molar-refractivity contribution in [2.24, 2.45) is 0 Å². The van der Waals surface area contributed by atoms with Gasteiger partial charge in [-0.1, -0.05) is 30.3 Å². The summed E-state index contributed by atoms with van der Waals surface area (Å²) in [5.41, 5.74) is 4.78. The second-order valence-corrected chi connectivity index (χ2v) is 9.99. The van der Waals surface area contributed by atoms with Gasteiger partial charge in [-0.15, -0.1) is 0 Å². The van der Waals surface area contributed by atoms with E-state index in [-0.39, 0.29) is 5.91 Å². The van der Waals surface area contributed by atoms with Crippen molar-refractivity contribution in [1.82, 2.24) is 24.8 Å². The van der Waals surface area contributed by atoms with Crippen LogP contribution in [0.5, 0.6) is 5.75 Å². The molecule has 3 heterocycles. The van der Waals surface area contributed by atoms with Crippen molar-refractivity contribution in [1.29, 1.82) is 0 Å². The van der Waals surface area contributed by atoms with E-state index in [1.54, 1.807) is 7.11 Å². The lowest BCUT2D eigenvalue weighted by atomic mass is 10.1. The number of nitrogens with zero attached hydrogens (tertiary/aromatic N) is 4. The fourth-order valence-corrected chi connectivity index (χ4v) is 5.11. The second-order valence-electron chi connectivity index (χ2n) is 9.99. The standard InChI is InChI=1S/C31H32N6O2/c1-36-15-17-37(18-16-36)31(38)22-9-7-21(8-10-22)29-34-28-12-11-24(39-2)19-26(28)30(35-29)32-14-13-23-20-33-27-6-4-3-5-25(23)27/h3-12,19-20,33H,13-18H2,1-2H3,(H,32,34,35). The molecule has 3 aromatic carbocycles. The number of carbonyl (C=O) groups excluding carboxylic acids is 1. The third-order valence-corrected chi connectivity index (χ3v) is 7.45. The van der Waals surface area contributed by atoms with Crippen molar-refractivity contribution in [2.45, 2.75) is 6.42 Å². The lowest BCUT2D eigenvalue weighted by molar-refractivity contribution is 0.0664. The van der Waals surface area contributed by atoms with E-state index in [1.807, 2.05) is 53.4 Å². The number of aromatic nitrogens is 3. The molecule has 8 heteroatoms. The lowest BCUT2D eigenvalue weighted by Crippen LogP contribution is -2.47. The fraction of sp³-hybridized carbons (Fsp3) is 0.258. The molecule has 0 unspecified atom stereocenters. The summed E-state index contributed by atoms with van der Waals surface area (Å²) in [7, 11) is 3.74. The smallest absolute Gasteiger partial charge is 0.253 e. The molecular weight excluding hydrogens is 488 g/mol. The predicted octanol–water partition coefficient (Wildman–Crippen LogP) is 4.83. The summed E-state index contributed by atoms with van der Waals surface area (Å²) in [4.78, 5) is 30.3. The molecule has 0 atom stereocenters. The van der Waals surface area contributed by atoms with Crippen molar-refractivity contribution in [3.63, 3.8) is 0 Å². The third kappa shape index (κ3) is 5.15. The van der Waals surface area contributed by atoms with Gasteiger partial charge >= 0.3 is 0 Å². The maximum atomic E-state index is 13.0. The Labute approximate surface area is 227 Å². The summed E-state index contributed by atoms with van der Waals surface area (Å²) in [5, 5.41) is 5.68. The fourth-order valence-electron chi connectivity index (χ4n) is 5.11. The highest BCUT2D eigenvalue weighted by Crippen LogP contribution is 2.29. The van der Waals surface area contributed by atoms with E-state index in [9.17, 15) is 4.79 Å². The van der Waals surface area contributed by atoms with Crippen LogP contribution in [0, 0.1) is 0 Å². The Balaban J connectivity index is 1.25. The first-order valence-electron chi connectivity index (χ1n) is 13.3. The van der Waals surface area contributed by atoms with Crippen molar-refractivity contribution in [3.05, 3.63) is 84.1 Å².